The normalized spacial score (nSPS) is 21.7. The fourth-order valence-electron chi connectivity index (χ4n) is 3.20. The molecule has 1 N–H and O–H groups in total. The van der Waals surface area contributed by atoms with Crippen molar-refractivity contribution in [3.63, 3.8) is 0 Å². The van der Waals surface area contributed by atoms with E-state index in [9.17, 15) is 9.90 Å². The van der Waals surface area contributed by atoms with Gasteiger partial charge in [-0.3, -0.25) is 4.79 Å². The van der Waals surface area contributed by atoms with Crippen LogP contribution in [0.1, 0.15) is 38.3 Å². The molecule has 1 heterocycles. The van der Waals surface area contributed by atoms with E-state index in [4.69, 9.17) is 0 Å². The molecule has 2 rings (SSSR count). The van der Waals surface area contributed by atoms with Gasteiger partial charge < -0.3 is 10.0 Å². The van der Waals surface area contributed by atoms with Crippen molar-refractivity contribution in [1.82, 2.24) is 0 Å². The average Bonchev–Trinajstić information content (AvgIpc) is 2.65. The maximum atomic E-state index is 11.3. The zero-order valence-electron chi connectivity index (χ0n) is 12.2. The van der Waals surface area contributed by atoms with E-state index in [1.54, 1.807) is 0 Å². The zero-order chi connectivity index (χ0) is 14.2. The Morgan fingerprint density at radius 2 is 2.16 bits per heavy atom. The molecule has 1 atom stereocenters. The monoisotopic (exact) mass is 261 g/mol. The molecule has 104 valence electrons. The van der Waals surface area contributed by atoms with Crippen molar-refractivity contribution in [2.24, 2.45) is 5.92 Å². The molecule has 0 amide bonds. The number of hydrogen-bond acceptors (Lipinski definition) is 2. The molecule has 1 aromatic rings. The highest BCUT2D eigenvalue weighted by Gasteiger charge is 2.42. The third-order valence-electron chi connectivity index (χ3n) is 4.20. The summed E-state index contributed by atoms with van der Waals surface area (Å²) >= 11 is 0. The second-order valence-electron chi connectivity index (χ2n) is 6.10. The molecule has 0 spiro atoms. The second kappa shape index (κ2) is 4.87. The molecule has 0 radical (unpaired) electrons. The first kappa shape index (κ1) is 13.9. The van der Waals surface area contributed by atoms with E-state index in [1.807, 2.05) is 0 Å². The molecule has 0 aromatic heterocycles. The predicted molar refractivity (Wildman–Crippen MR) is 77.7 cm³/mol. The van der Waals surface area contributed by atoms with Crippen LogP contribution in [-0.4, -0.2) is 23.2 Å². The van der Waals surface area contributed by atoms with Crippen LogP contribution < -0.4 is 4.90 Å². The van der Waals surface area contributed by atoms with Crippen molar-refractivity contribution in [3.05, 3.63) is 29.3 Å². The standard InChI is InChI=1S/C16H23NO2/c1-5-12-8-6-7-11(2)14(12)17-10-13(15(18)19)9-16(17,3)4/h6-8,13H,5,9-10H2,1-4H3,(H,18,19). The lowest BCUT2D eigenvalue weighted by Gasteiger charge is -2.36. The van der Waals surface area contributed by atoms with Gasteiger partial charge in [-0.25, -0.2) is 0 Å². The van der Waals surface area contributed by atoms with Gasteiger partial charge in [-0.2, -0.15) is 0 Å². The zero-order valence-corrected chi connectivity index (χ0v) is 12.2. The Morgan fingerprint density at radius 3 is 2.68 bits per heavy atom. The lowest BCUT2D eigenvalue weighted by atomic mass is 9.95. The number of anilines is 1. The maximum absolute atomic E-state index is 11.3. The number of para-hydroxylation sites is 1. The Morgan fingerprint density at radius 1 is 1.47 bits per heavy atom. The summed E-state index contributed by atoms with van der Waals surface area (Å²) in [6.45, 7) is 9.15. The summed E-state index contributed by atoms with van der Waals surface area (Å²) in [5, 5.41) is 9.28. The average molecular weight is 261 g/mol. The van der Waals surface area contributed by atoms with E-state index in [2.05, 4.69) is 50.8 Å². The Bertz CT molecular complexity index is 494. The molecule has 0 saturated carbocycles. The second-order valence-corrected chi connectivity index (χ2v) is 6.10. The highest BCUT2D eigenvalue weighted by atomic mass is 16.4. The first-order chi connectivity index (χ1) is 8.86. The molecule has 19 heavy (non-hydrogen) atoms. The van der Waals surface area contributed by atoms with Gasteiger partial charge in [-0.15, -0.1) is 0 Å². The van der Waals surface area contributed by atoms with Gasteiger partial charge in [0.2, 0.25) is 0 Å². The summed E-state index contributed by atoms with van der Waals surface area (Å²) in [5.74, 6) is -0.943. The van der Waals surface area contributed by atoms with Gasteiger partial charge in [0.05, 0.1) is 5.92 Å². The van der Waals surface area contributed by atoms with Crippen molar-refractivity contribution in [2.75, 3.05) is 11.4 Å². The van der Waals surface area contributed by atoms with Gasteiger partial charge in [0.1, 0.15) is 0 Å². The number of benzene rings is 1. The lowest BCUT2D eigenvalue weighted by molar-refractivity contribution is -0.141. The third kappa shape index (κ3) is 2.46. The lowest BCUT2D eigenvalue weighted by Crippen LogP contribution is -2.39. The highest BCUT2D eigenvalue weighted by Crippen LogP contribution is 2.40. The molecule has 0 bridgehead atoms. The summed E-state index contributed by atoms with van der Waals surface area (Å²) in [6, 6.07) is 6.33. The largest absolute Gasteiger partial charge is 0.481 e. The van der Waals surface area contributed by atoms with E-state index in [0.717, 1.165) is 6.42 Å². The Kier molecular flexibility index (Phi) is 3.57. The fraction of sp³-hybridized carbons (Fsp3) is 0.562. The molecule has 3 heteroatoms. The van der Waals surface area contributed by atoms with Crippen LogP contribution in [-0.2, 0) is 11.2 Å². The summed E-state index contributed by atoms with van der Waals surface area (Å²) in [7, 11) is 0. The molecule has 1 aliphatic rings. The smallest absolute Gasteiger partial charge is 0.308 e. The van der Waals surface area contributed by atoms with Gasteiger partial charge in [0.15, 0.2) is 0 Å². The molecule has 0 aliphatic carbocycles. The molecule has 1 aliphatic heterocycles. The number of aliphatic carboxylic acids is 1. The highest BCUT2D eigenvalue weighted by molar-refractivity contribution is 5.74. The maximum Gasteiger partial charge on any atom is 0.308 e. The summed E-state index contributed by atoms with van der Waals surface area (Å²) < 4.78 is 0. The van der Waals surface area contributed by atoms with E-state index in [-0.39, 0.29) is 11.5 Å². The molecule has 1 fully saturated rings. The van der Waals surface area contributed by atoms with Gasteiger partial charge in [-0.1, -0.05) is 25.1 Å². The molecular weight excluding hydrogens is 238 g/mol. The summed E-state index contributed by atoms with van der Waals surface area (Å²) in [6.07, 6.45) is 1.68. The number of hydrogen-bond donors (Lipinski definition) is 1. The third-order valence-corrected chi connectivity index (χ3v) is 4.20. The van der Waals surface area contributed by atoms with Gasteiger partial charge in [0, 0.05) is 17.8 Å². The van der Waals surface area contributed by atoms with Crippen LogP contribution in [0.2, 0.25) is 0 Å². The Hall–Kier alpha value is -1.51. The summed E-state index contributed by atoms with van der Waals surface area (Å²) in [5.41, 5.74) is 3.68. The van der Waals surface area contributed by atoms with Crippen LogP contribution in [0.3, 0.4) is 0 Å². The quantitative estimate of drug-likeness (QED) is 0.908. The van der Waals surface area contributed by atoms with Crippen LogP contribution >= 0.6 is 0 Å². The number of rotatable bonds is 3. The fourth-order valence-corrected chi connectivity index (χ4v) is 3.20. The van der Waals surface area contributed by atoms with Crippen molar-refractivity contribution in [1.29, 1.82) is 0 Å². The predicted octanol–water partition coefficient (Wildman–Crippen LogP) is 3.25. The first-order valence-electron chi connectivity index (χ1n) is 6.95. The molecular formula is C16H23NO2. The van der Waals surface area contributed by atoms with Crippen molar-refractivity contribution < 1.29 is 9.90 Å². The minimum Gasteiger partial charge on any atom is -0.481 e. The number of nitrogens with zero attached hydrogens (tertiary/aromatic N) is 1. The number of carboxylic acids is 1. The number of aryl methyl sites for hydroxylation is 2. The van der Waals surface area contributed by atoms with Gasteiger partial charge in [-0.05, 0) is 44.7 Å². The van der Waals surface area contributed by atoms with E-state index >= 15 is 0 Å². The molecule has 1 unspecified atom stereocenters. The molecule has 1 saturated heterocycles. The van der Waals surface area contributed by atoms with Crippen LogP contribution in [0.5, 0.6) is 0 Å². The van der Waals surface area contributed by atoms with Crippen molar-refractivity contribution in [3.8, 4) is 0 Å². The number of carboxylic acid groups (broad SMARTS) is 1. The van der Waals surface area contributed by atoms with Crippen LogP contribution in [0.25, 0.3) is 0 Å². The van der Waals surface area contributed by atoms with E-state index in [1.165, 1.54) is 16.8 Å². The molecule has 1 aromatic carbocycles. The van der Waals surface area contributed by atoms with Crippen molar-refractivity contribution >= 4 is 11.7 Å². The Balaban J connectivity index is 2.44. The summed E-state index contributed by atoms with van der Waals surface area (Å²) in [4.78, 5) is 13.6. The van der Waals surface area contributed by atoms with Crippen molar-refractivity contribution in [2.45, 2.75) is 46.1 Å². The SMILES string of the molecule is CCc1cccc(C)c1N1CC(C(=O)O)CC1(C)C. The minimum absolute atomic E-state index is 0.0981. The first-order valence-corrected chi connectivity index (χ1v) is 6.95. The number of carbonyl (C=O) groups is 1. The van der Waals surface area contributed by atoms with E-state index in [0.29, 0.717) is 13.0 Å². The van der Waals surface area contributed by atoms with Crippen LogP contribution in [0.4, 0.5) is 5.69 Å². The van der Waals surface area contributed by atoms with Crippen LogP contribution in [0.15, 0.2) is 18.2 Å². The van der Waals surface area contributed by atoms with E-state index < -0.39 is 5.97 Å². The van der Waals surface area contributed by atoms with Gasteiger partial charge >= 0.3 is 5.97 Å². The van der Waals surface area contributed by atoms with Gasteiger partial charge in [0.25, 0.3) is 0 Å². The Labute approximate surface area is 115 Å². The van der Waals surface area contributed by atoms with Crippen LogP contribution in [0, 0.1) is 12.8 Å². The molecule has 3 nitrogen and oxygen atoms in total. The topological polar surface area (TPSA) is 40.5 Å². The minimum atomic E-state index is -0.679.